The summed E-state index contributed by atoms with van der Waals surface area (Å²) in [7, 11) is 1.44. The summed E-state index contributed by atoms with van der Waals surface area (Å²) in [6.07, 6.45) is 3.80. The Bertz CT molecular complexity index is 515. The lowest BCUT2D eigenvalue weighted by Crippen LogP contribution is -2.27. The van der Waals surface area contributed by atoms with E-state index < -0.39 is 5.60 Å². The molecule has 4 nitrogen and oxygen atoms in total. The predicted molar refractivity (Wildman–Crippen MR) is 68.1 cm³/mol. The Morgan fingerprint density at radius 2 is 2.17 bits per heavy atom. The Kier molecular flexibility index (Phi) is 3.13. The summed E-state index contributed by atoms with van der Waals surface area (Å²) in [4.78, 5) is 11.7. The number of ketones is 1. The number of phenols is 1. The van der Waals surface area contributed by atoms with Crippen LogP contribution in [-0.2, 0) is 4.74 Å². The minimum Gasteiger partial charge on any atom is -0.507 e. The molecule has 1 N–H and O–H groups in total. The minimum absolute atomic E-state index is 0.0532. The molecule has 4 heteroatoms. The first-order chi connectivity index (χ1) is 8.43. The van der Waals surface area contributed by atoms with Crippen LogP contribution in [0.3, 0.4) is 0 Å². The number of carbonyl (C=O) groups excluding carboxylic acids is 1. The van der Waals surface area contributed by atoms with E-state index in [0.717, 1.165) is 5.56 Å². The summed E-state index contributed by atoms with van der Waals surface area (Å²) in [6, 6.07) is 3.10. The van der Waals surface area contributed by atoms with Crippen LogP contribution in [0.2, 0.25) is 0 Å². The molecule has 0 atom stereocenters. The van der Waals surface area contributed by atoms with Gasteiger partial charge in [0.1, 0.15) is 23.7 Å². The lowest BCUT2D eigenvalue weighted by atomic mass is 9.99. The van der Waals surface area contributed by atoms with E-state index >= 15 is 0 Å². The molecule has 1 aromatic carbocycles. The van der Waals surface area contributed by atoms with E-state index in [4.69, 9.17) is 9.47 Å². The van der Waals surface area contributed by atoms with Gasteiger partial charge in [-0.2, -0.15) is 0 Å². The zero-order chi connectivity index (χ0) is 13.3. The van der Waals surface area contributed by atoms with E-state index in [1.807, 2.05) is 26.0 Å². The van der Waals surface area contributed by atoms with E-state index in [0.29, 0.717) is 5.75 Å². The van der Waals surface area contributed by atoms with Crippen LogP contribution in [-0.4, -0.2) is 30.2 Å². The number of benzene rings is 1. The summed E-state index contributed by atoms with van der Waals surface area (Å²) >= 11 is 0. The van der Waals surface area contributed by atoms with Crippen molar-refractivity contribution in [3.8, 4) is 11.5 Å². The normalized spacial score (nSPS) is 15.9. The summed E-state index contributed by atoms with van der Waals surface area (Å²) < 4.78 is 10.5. The van der Waals surface area contributed by atoms with Crippen molar-refractivity contribution in [2.24, 2.45) is 0 Å². The van der Waals surface area contributed by atoms with Crippen LogP contribution in [0.1, 0.15) is 29.8 Å². The quantitative estimate of drug-likeness (QED) is 0.834. The first-order valence-electron chi connectivity index (χ1n) is 5.70. The summed E-state index contributed by atoms with van der Waals surface area (Å²) in [5, 5.41) is 9.85. The third kappa shape index (κ3) is 2.38. The van der Waals surface area contributed by atoms with Crippen molar-refractivity contribution in [3.63, 3.8) is 0 Å². The van der Waals surface area contributed by atoms with Crippen LogP contribution in [0, 0.1) is 0 Å². The van der Waals surface area contributed by atoms with Gasteiger partial charge in [-0.1, -0.05) is 6.08 Å². The average Bonchev–Trinajstić information content (AvgIpc) is 2.27. The molecule has 1 aliphatic rings. The van der Waals surface area contributed by atoms with Gasteiger partial charge in [-0.05, 0) is 26.0 Å². The van der Waals surface area contributed by atoms with Crippen molar-refractivity contribution in [3.05, 3.63) is 29.3 Å². The highest BCUT2D eigenvalue weighted by atomic mass is 16.5. The molecule has 0 unspecified atom stereocenters. The molecule has 2 rings (SSSR count). The van der Waals surface area contributed by atoms with Crippen LogP contribution >= 0.6 is 0 Å². The monoisotopic (exact) mass is 248 g/mol. The largest absolute Gasteiger partial charge is 0.507 e. The lowest BCUT2D eigenvalue weighted by Gasteiger charge is -2.28. The molecule has 0 radical (unpaired) electrons. The SMILES string of the molecule is COCC(=O)c1cc2c(cc1O)OC(C)(C)C=C2. The molecule has 0 aliphatic carbocycles. The van der Waals surface area contributed by atoms with Crippen LogP contribution in [0.15, 0.2) is 18.2 Å². The van der Waals surface area contributed by atoms with Crippen molar-refractivity contribution >= 4 is 11.9 Å². The van der Waals surface area contributed by atoms with Crippen LogP contribution < -0.4 is 4.74 Å². The highest BCUT2D eigenvalue weighted by Crippen LogP contribution is 2.35. The van der Waals surface area contributed by atoms with E-state index in [9.17, 15) is 9.90 Å². The number of carbonyl (C=O) groups is 1. The van der Waals surface area contributed by atoms with Gasteiger partial charge in [-0.15, -0.1) is 0 Å². The van der Waals surface area contributed by atoms with Crippen molar-refractivity contribution < 1.29 is 19.4 Å². The molecule has 96 valence electrons. The fourth-order valence-corrected chi connectivity index (χ4v) is 1.84. The van der Waals surface area contributed by atoms with Crippen molar-refractivity contribution in [2.45, 2.75) is 19.4 Å². The van der Waals surface area contributed by atoms with Crippen molar-refractivity contribution in [1.29, 1.82) is 0 Å². The number of aromatic hydroxyl groups is 1. The standard InChI is InChI=1S/C14H16O4/c1-14(2)5-4-9-6-10(12(16)8-17-3)11(15)7-13(9)18-14/h4-7,15H,8H2,1-3H3. The second-order valence-corrected chi connectivity index (χ2v) is 4.80. The number of methoxy groups -OCH3 is 1. The fraction of sp³-hybridized carbons (Fsp3) is 0.357. The maximum Gasteiger partial charge on any atom is 0.192 e. The lowest BCUT2D eigenvalue weighted by molar-refractivity contribution is 0.0845. The van der Waals surface area contributed by atoms with Gasteiger partial charge in [-0.3, -0.25) is 4.79 Å². The van der Waals surface area contributed by atoms with Gasteiger partial charge in [-0.25, -0.2) is 0 Å². The number of rotatable bonds is 3. The molecule has 18 heavy (non-hydrogen) atoms. The van der Waals surface area contributed by atoms with Crippen LogP contribution in [0.25, 0.3) is 6.08 Å². The number of phenolic OH excluding ortho intramolecular Hbond substituents is 1. The highest BCUT2D eigenvalue weighted by molar-refractivity contribution is 6.00. The van der Waals surface area contributed by atoms with Gasteiger partial charge in [0, 0.05) is 18.7 Å². The average molecular weight is 248 g/mol. The van der Waals surface area contributed by atoms with Crippen LogP contribution in [0.5, 0.6) is 11.5 Å². The fourth-order valence-electron chi connectivity index (χ4n) is 1.84. The van der Waals surface area contributed by atoms with Gasteiger partial charge in [0.05, 0.1) is 5.56 Å². The number of hydrogen-bond donors (Lipinski definition) is 1. The third-order valence-electron chi connectivity index (χ3n) is 2.74. The first-order valence-corrected chi connectivity index (χ1v) is 5.70. The topological polar surface area (TPSA) is 55.8 Å². The van der Waals surface area contributed by atoms with Gasteiger partial charge >= 0.3 is 0 Å². The number of Topliss-reactive ketones (excluding diaryl/α,β-unsaturated/α-hetero) is 1. The molecule has 0 fully saturated rings. The molecule has 0 saturated heterocycles. The smallest absolute Gasteiger partial charge is 0.192 e. The van der Waals surface area contributed by atoms with E-state index in [2.05, 4.69) is 0 Å². The maximum atomic E-state index is 11.7. The molecule has 1 heterocycles. The molecule has 0 saturated carbocycles. The maximum absolute atomic E-state index is 11.7. The first kappa shape index (κ1) is 12.6. The van der Waals surface area contributed by atoms with Crippen LogP contribution in [0.4, 0.5) is 0 Å². The number of fused-ring (bicyclic) bond motifs is 1. The number of ether oxygens (including phenoxy) is 2. The Morgan fingerprint density at radius 1 is 1.44 bits per heavy atom. The molecular formula is C14H16O4. The van der Waals surface area contributed by atoms with Crippen molar-refractivity contribution in [2.75, 3.05) is 13.7 Å². The summed E-state index contributed by atoms with van der Waals surface area (Å²) in [6.45, 7) is 3.80. The molecule has 0 aromatic heterocycles. The van der Waals surface area contributed by atoms with E-state index in [-0.39, 0.29) is 23.7 Å². The zero-order valence-electron chi connectivity index (χ0n) is 10.7. The summed E-state index contributed by atoms with van der Waals surface area (Å²) in [5.41, 5.74) is 0.632. The van der Waals surface area contributed by atoms with Crippen molar-refractivity contribution in [1.82, 2.24) is 0 Å². The highest BCUT2D eigenvalue weighted by Gasteiger charge is 2.24. The second kappa shape index (κ2) is 4.46. The predicted octanol–water partition coefficient (Wildman–Crippen LogP) is 2.41. The second-order valence-electron chi connectivity index (χ2n) is 4.80. The molecule has 0 amide bonds. The minimum atomic E-state index is -0.405. The molecule has 1 aliphatic heterocycles. The summed E-state index contributed by atoms with van der Waals surface area (Å²) in [5.74, 6) is 0.243. The number of hydrogen-bond acceptors (Lipinski definition) is 4. The molecular weight excluding hydrogens is 232 g/mol. The van der Waals surface area contributed by atoms with Gasteiger partial charge in [0.2, 0.25) is 0 Å². The molecule has 0 spiro atoms. The van der Waals surface area contributed by atoms with E-state index in [1.54, 1.807) is 6.07 Å². The van der Waals surface area contributed by atoms with E-state index in [1.165, 1.54) is 13.2 Å². The van der Waals surface area contributed by atoms with Gasteiger partial charge < -0.3 is 14.6 Å². The Labute approximate surface area is 106 Å². The Hall–Kier alpha value is -1.81. The third-order valence-corrected chi connectivity index (χ3v) is 2.74. The Morgan fingerprint density at radius 3 is 2.83 bits per heavy atom. The molecule has 0 bridgehead atoms. The van der Waals surface area contributed by atoms with Gasteiger partial charge in [0.15, 0.2) is 5.78 Å². The zero-order valence-corrected chi connectivity index (χ0v) is 10.7. The molecule has 1 aromatic rings. The Balaban J connectivity index is 2.41. The van der Waals surface area contributed by atoms with Gasteiger partial charge in [0.25, 0.3) is 0 Å².